The summed E-state index contributed by atoms with van der Waals surface area (Å²) in [5.41, 5.74) is 0.669. The van der Waals surface area contributed by atoms with Gasteiger partial charge in [0.2, 0.25) is 5.91 Å². The van der Waals surface area contributed by atoms with Crippen molar-refractivity contribution in [3.05, 3.63) is 65.1 Å². The molecule has 8 nitrogen and oxygen atoms in total. The normalized spacial score (nSPS) is 20.7. The highest BCUT2D eigenvalue weighted by molar-refractivity contribution is 6.10. The van der Waals surface area contributed by atoms with Crippen LogP contribution in [0.5, 0.6) is 5.75 Å². The molecule has 2 aromatic heterocycles. The first kappa shape index (κ1) is 21.4. The number of carbonyl (C=O) groups is 1. The van der Waals surface area contributed by atoms with Crippen molar-refractivity contribution < 1.29 is 22.7 Å². The lowest BCUT2D eigenvalue weighted by Crippen LogP contribution is -2.21. The summed E-state index contributed by atoms with van der Waals surface area (Å²) < 4.78 is 45.2. The number of hydrogen-bond acceptors (Lipinski definition) is 6. The Bertz CT molecular complexity index is 1520. The summed E-state index contributed by atoms with van der Waals surface area (Å²) in [6.07, 6.45) is -2.47. The SMILES string of the molecule is COc1cnc(C)nc1Nc1n[nH]c2cc([C@@H]3C[C@@]34C(=O)Nc3ccc(C(F)(F)F)cc34)ccc12. The van der Waals surface area contributed by atoms with Gasteiger partial charge in [0, 0.05) is 17.0 Å². The molecule has 1 spiro atoms. The molecule has 0 saturated heterocycles. The van der Waals surface area contributed by atoms with E-state index >= 15 is 0 Å². The molecule has 0 bridgehead atoms. The molecule has 178 valence electrons. The average Bonchev–Trinajstić information content (AvgIpc) is 3.37. The number of halogens is 3. The quantitative estimate of drug-likeness (QED) is 0.387. The van der Waals surface area contributed by atoms with Gasteiger partial charge in [-0.15, -0.1) is 0 Å². The Labute approximate surface area is 196 Å². The largest absolute Gasteiger partial charge is 0.491 e. The molecule has 1 aliphatic carbocycles. The third-order valence-electron chi connectivity index (χ3n) is 6.76. The summed E-state index contributed by atoms with van der Waals surface area (Å²) in [6.45, 7) is 1.76. The van der Waals surface area contributed by atoms with Gasteiger partial charge in [-0.2, -0.15) is 18.3 Å². The topological polar surface area (TPSA) is 105 Å². The van der Waals surface area contributed by atoms with Crippen molar-refractivity contribution in [2.45, 2.75) is 30.9 Å². The fourth-order valence-electron chi connectivity index (χ4n) is 4.93. The number of rotatable bonds is 4. The molecule has 2 atom stereocenters. The molecule has 2 aromatic carbocycles. The summed E-state index contributed by atoms with van der Waals surface area (Å²) in [5.74, 6) is 1.53. The van der Waals surface area contributed by atoms with Crippen molar-refractivity contribution in [2.24, 2.45) is 0 Å². The number of aromatic nitrogens is 4. The molecule has 0 radical (unpaired) electrons. The Morgan fingerprint density at radius 1 is 1.17 bits per heavy atom. The minimum atomic E-state index is -4.48. The van der Waals surface area contributed by atoms with Crippen LogP contribution in [0, 0.1) is 6.92 Å². The second-order valence-corrected chi connectivity index (χ2v) is 8.78. The molecule has 0 unspecified atom stereocenters. The summed E-state index contributed by atoms with van der Waals surface area (Å²) in [7, 11) is 1.52. The number of benzene rings is 2. The van der Waals surface area contributed by atoms with E-state index in [0.717, 1.165) is 28.6 Å². The zero-order valence-electron chi connectivity index (χ0n) is 18.6. The molecule has 11 heteroatoms. The Hall–Kier alpha value is -4.15. The Kier molecular flexibility index (Phi) is 4.38. The van der Waals surface area contributed by atoms with Crippen LogP contribution in [-0.2, 0) is 16.4 Å². The number of amides is 1. The van der Waals surface area contributed by atoms with E-state index in [0.29, 0.717) is 40.9 Å². The maximum atomic E-state index is 13.3. The fraction of sp³-hybridized carbons (Fsp3) is 0.250. The number of anilines is 3. The van der Waals surface area contributed by atoms with E-state index in [2.05, 4.69) is 30.8 Å². The van der Waals surface area contributed by atoms with E-state index in [1.807, 2.05) is 18.2 Å². The summed E-state index contributed by atoms with van der Waals surface area (Å²) in [4.78, 5) is 21.3. The number of hydrogen-bond donors (Lipinski definition) is 3. The molecule has 35 heavy (non-hydrogen) atoms. The molecule has 1 aliphatic heterocycles. The maximum absolute atomic E-state index is 13.3. The van der Waals surface area contributed by atoms with Crippen molar-refractivity contribution in [3.8, 4) is 5.75 Å². The molecule has 1 amide bonds. The average molecular weight is 480 g/mol. The third kappa shape index (κ3) is 3.22. The molecule has 6 rings (SSSR count). The number of nitrogens with one attached hydrogen (secondary N) is 3. The lowest BCUT2D eigenvalue weighted by Gasteiger charge is -2.12. The van der Waals surface area contributed by atoms with Crippen molar-refractivity contribution in [1.29, 1.82) is 0 Å². The summed E-state index contributed by atoms with van der Waals surface area (Å²) >= 11 is 0. The van der Waals surface area contributed by atoms with E-state index < -0.39 is 17.2 Å². The van der Waals surface area contributed by atoms with E-state index in [4.69, 9.17) is 4.74 Å². The van der Waals surface area contributed by atoms with Gasteiger partial charge in [0.25, 0.3) is 0 Å². The monoisotopic (exact) mass is 480 g/mol. The van der Waals surface area contributed by atoms with Gasteiger partial charge in [-0.05, 0) is 54.8 Å². The Morgan fingerprint density at radius 2 is 2.00 bits per heavy atom. The number of aromatic amines is 1. The minimum Gasteiger partial charge on any atom is -0.491 e. The van der Waals surface area contributed by atoms with Crippen molar-refractivity contribution in [3.63, 3.8) is 0 Å². The van der Waals surface area contributed by atoms with Gasteiger partial charge >= 0.3 is 6.18 Å². The third-order valence-corrected chi connectivity index (χ3v) is 6.76. The van der Waals surface area contributed by atoms with Crippen molar-refractivity contribution in [1.82, 2.24) is 20.2 Å². The van der Waals surface area contributed by atoms with Crippen LogP contribution in [0.4, 0.5) is 30.5 Å². The molecule has 4 aromatic rings. The maximum Gasteiger partial charge on any atom is 0.416 e. The Morgan fingerprint density at radius 3 is 2.77 bits per heavy atom. The molecular weight excluding hydrogens is 461 g/mol. The first-order chi connectivity index (χ1) is 16.7. The van der Waals surface area contributed by atoms with Gasteiger partial charge in [-0.1, -0.05) is 6.07 Å². The highest BCUT2D eigenvalue weighted by Crippen LogP contribution is 2.65. The van der Waals surface area contributed by atoms with E-state index in [9.17, 15) is 18.0 Å². The second kappa shape index (κ2) is 7.17. The standard InChI is InChI=1S/C24H19F3N6O2/c1-11-28-10-19(35-2)21(29-11)31-20-14-5-3-12(7-18(14)32-33-20)16-9-23(16)15-8-13(24(25,26)27)4-6-17(15)30-22(23)34/h3-8,10,16H,9H2,1-2H3,(H,30,34)(H2,28,29,31,32,33)/t16-,23-/m0/s1. The lowest BCUT2D eigenvalue weighted by molar-refractivity contribution is -0.137. The van der Waals surface area contributed by atoms with Gasteiger partial charge in [0.1, 0.15) is 5.82 Å². The zero-order valence-corrected chi connectivity index (χ0v) is 18.6. The number of aryl methyl sites for hydroxylation is 1. The van der Waals surface area contributed by atoms with Crippen LogP contribution in [0.25, 0.3) is 10.9 Å². The van der Waals surface area contributed by atoms with E-state index in [1.54, 1.807) is 13.1 Å². The molecule has 3 heterocycles. The lowest BCUT2D eigenvalue weighted by atomic mass is 9.90. The fourth-order valence-corrected chi connectivity index (χ4v) is 4.93. The van der Waals surface area contributed by atoms with Crippen LogP contribution in [-0.4, -0.2) is 33.2 Å². The highest BCUT2D eigenvalue weighted by atomic mass is 19.4. The molecule has 3 N–H and O–H groups in total. The van der Waals surface area contributed by atoms with Gasteiger partial charge in [0.05, 0.1) is 29.8 Å². The summed E-state index contributed by atoms with van der Waals surface area (Å²) in [5, 5.41) is 14.0. The van der Waals surface area contributed by atoms with Crippen LogP contribution >= 0.6 is 0 Å². The number of H-pyrrole nitrogens is 1. The molecule has 1 saturated carbocycles. The number of ether oxygens (including phenoxy) is 1. The van der Waals surface area contributed by atoms with Gasteiger partial charge in [-0.25, -0.2) is 9.97 Å². The minimum absolute atomic E-state index is 0.235. The van der Waals surface area contributed by atoms with E-state index in [1.165, 1.54) is 13.2 Å². The van der Waals surface area contributed by atoms with Gasteiger partial charge in [0.15, 0.2) is 17.4 Å². The number of fused-ring (bicyclic) bond motifs is 3. The van der Waals surface area contributed by atoms with Gasteiger partial charge < -0.3 is 15.4 Å². The predicted octanol–water partition coefficient (Wildman–Crippen LogP) is 4.81. The van der Waals surface area contributed by atoms with Gasteiger partial charge in [-0.3, -0.25) is 9.89 Å². The van der Waals surface area contributed by atoms with Crippen LogP contribution in [0.3, 0.4) is 0 Å². The van der Waals surface area contributed by atoms with Crippen LogP contribution in [0.1, 0.15) is 34.9 Å². The van der Waals surface area contributed by atoms with Crippen molar-refractivity contribution in [2.75, 3.05) is 17.7 Å². The van der Waals surface area contributed by atoms with Crippen LogP contribution in [0.2, 0.25) is 0 Å². The molecule has 1 fully saturated rings. The molecule has 2 aliphatic rings. The number of carbonyl (C=O) groups excluding carboxylic acids is 1. The second-order valence-electron chi connectivity index (χ2n) is 8.78. The Balaban J connectivity index is 1.33. The predicted molar refractivity (Wildman–Crippen MR) is 122 cm³/mol. The number of nitrogens with zero attached hydrogens (tertiary/aromatic N) is 3. The van der Waals surface area contributed by atoms with Crippen LogP contribution < -0.4 is 15.4 Å². The first-order valence-electron chi connectivity index (χ1n) is 10.9. The highest BCUT2D eigenvalue weighted by Gasteiger charge is 2.65. The zero-order chi connectivity index (χ0) is 24.5. The smallest absolute Gasteiger partial charge is 0.416 e. The first-order valence-corrected chi connectivity index (χ1v) is 10.9. The van der Waals surface area contributed by atoms with Crippen molar-refractivity contribution >= 4 is 34.1 Å². The summed E-state index contributed by atoms with van der Waals surface area (Å²) in [6, 6.07) is 9.05. The van der Waals surface area contributed by atoms with Crippen LogP contribution in [0.15, 0.2) is 42.6 Å². The molecular formula is C24H19F3N6O2. The number of alkyl halides is 3. The van der Waals surface area contributed by atoms with E-state index in [-0.39, 0.29) is 11.8 Å². The number of methoxy groups -OCH3 is 1.